The van der Waals surface area contributed by atoms with Gasteiger partial charge >= 0.3 is 5.97 Å². The monoisotopic (exact) mass is 392 g/mol. The maximum atomic E-state index is 12.1. The summed E-state index contributed by atoms with van der Waals surface area (Å²) in [6, 6.07) is 5.05. The van der Waals surface area contributed by atoms with Crippen molar-refractivity contribution in [1.29, 1.82) is 0 Å². The fourth-order valence-corrected chi connectivity index (χ4v) is 2.88. The van der Waals surface area contributed by atoms with Crippen molar-refractivity contribution < 1.29 is 28.6 Å². The Labute approximate surface area is 165 Å². The first kappa shape index (κ1) is 21.5. The molecule has 1 aromatic rings. The molecule has 0 unspecified atom stereocenters. The molecule has 1 aromatic carbocycles. The molecule has 1 aliphatic heterocycles. The molecule has 0 radical (unpaired) electrons. The van der Waals surface area contributed by atoms with Crippen molar-refractivity contribution in [3.63, 3.8) is 0 Å². The summed E-state index contributed by atoms with van der Waals surface area (Å²) in [6.07, 6.45) is 3.15. The minimum Gasteiger partial charge on any atom is -0.490 e. The van der Waals surface area contributed by atoms with Gasteiger partial charge in [-0.05, 0) is 38.8 Å². The lowest BCUT2D eigenvalue weighted by atomic mass is 10.2. The van der Waals surface area contributed by atoms with Gasteiger partial charge in [0.05, 0.1) is 13.2 Å². The zero-order valence-corrected chi connectivity index (χ0v) is 16.5. The molecule has 0 saturated carbocycles. The van der Waals surface area contributed by atoms with Gasteiger partial charge in [0.2, 0.25) is 5.91 Å². The Bertz CT molecular complexity index is 691. The summed E-state index contributed by atoms with van der Waals surface area (Å²) in [7, 11) is 0. The molecule has 154 valence electrons. The number of nitrogens with zero attached hydrogens (tertiary/aromatic N) is 1. The van der Waals surface area contributed by atoms with E-state index in [0.29, 0.717) is 43.4 Å². The van der Waals surface area contributed by atoms with E-state index in [1.807, 2.05) is 13.8 Å². The van der Waals surface area contributed by atoms with Gasteiger partial charge in [-0.3, -0.25) is 14.4 Å². The molecule has 1 N–H and O–H groups in total. The first-order chi connectivity index (χ1) is 13.5. The SMILES string of the molecule is CCOc1ccc(NC(=O)COC(=O)CN2CCCCCC2=O)cc1OCC. The highest BCUT2D eigenvalue weighted by Crippen LogP contribution is 2.30. The molecule has 0 aromatic heterocycles. The summed E-state index contributed by atoms with van der Waals surface area (Å²) in [5, 5.41) is 2.66. The second-order valence-electron chi connectivity index (χ2n) is 6.36. The first-order valence-electron chi connectivity index (χ1n) is 9.66. The molecule has 2 rings (SSSR count). The van der Waals surface area contributed by atoms with E-state index in [-0.39, 0.29) is 12.5 Å². The van der Waals surface area contributed by atoms with Crippen LogP contribution < -0.4 is 14.8 Å². The topological polar surface area (TPSA) is 94.2 Å². The molecule has 8 nitrogen and oxygen atoms in total. The van der Waals surface area contributed by atoms with Crippen LogP contribution in [0.25, 0.3) is 0 Å². The highest BCUT2D eigenvalue weighted by atomic mass is 16.5. The summed E-state index contributed by atoms with van der Waals surface area (Å²) in [4.78, 5) is 37.4. The van der Waals surface area contributed by atoms with Crippen LogP contribution in [0.4, 0.5) is 5.69 Å². The normalized spacial score (nSPS) is 14.2. The second-order valence-corrected chi connectivity index (χ2v) is 6.36. The van der Waals surface area contributed by atoms with Gasteiger partial charge in [-0.1, -0.05) is 6.42 Å². The molecular weight excluding hydrogens is 364 g/mol. The molecule has 8 heteroatoms. The zero-order valence-electron chi connectivity index (χ0n) is 16.5. The van der Waals surface area contributed by atoms with Gasteiger partial charge in [0, 0.05) is 24.7 Å². The fraction of sp³-hybridized carbons (Fsp3) is 0.550. The number of anilines is 1. The van der Waals surface area contributed by atoms with Crippen molar-refractivity contribution in [3.05, 3.63) is 18.2 Å². The van der Waals surface area contributed by atoms with Crippen LogP contribution in [0.1, 0.15) is 39.5 Å². The summed E-state index contributed by atoms with van der Waals surface area (Å²) >= 11 is 0. The molecule has 0 aliphatic carbocycles. The molecule has 1 aliphatic rings. The molecule has 0 bridgehead atoms. The molecule has 1 fully saturated rings. The second kappa shape index (κ2) is 11.2. The maximum Gasteiger partial charge on any atom is 0.326 e. The van der Waals surface area contributed by atoms with E-state index in [2.05, 4.69) is 5.32 Å². The lowest BCUT2D eigenvalue weighted by Gasteiger charge is -2.19. The van der Waals surface area contributed by atoms with E-state index in [4.69, 9.17) is 14.2 Å². The van der Waals surface area contributed by atoms with Gasteiger partial charge in [0.1, 0.15) is 6.54 Å². The number of benzene rings is 1. The molecule has 0 atom stereocenters. The van der Waals surface area contributed by atoms with Gasteiger partial charge in [0.15, 0.2) is 18.1 Å². The number of nitrogens with one attached hydrogen (secondary N) is 1. The van der Waals surface area contributed by atoms with Crippen LogP contribution in [-0.4, -0.2) is 55.6 Å². The summed E-state index contributed by atoms with van der Waals surface area (Å²) in [5.41, 5.74) is 0.510. The number of hydrogen-bond acceptors (Lipinski definition) is 6. The van der Waals surface area contributed by atoms with Crippen molar-refractivity contribution in [1.82, 2.24) is 4.90 Å². The zero-order chi connectivity index (χ0) is 20.4. The van der Waals surface area contributed by atoms with Crippen LogP contribution in [0, 0.1) is 0 Å². The minimum atomic E-state index is -0.591. The predicted molar refractivity (Wildman–Crippen MR) is 103 cm³/mol. The van der Waals surface area contributed by atoms with Gasteiger partial charge in [-0.25, -0.2) is 0 Å². The van der Waals surface area contributed by atoms with Crippen LogP contribution in [-0.2, 0) is 19.1 Å². The van der Waals surface area contributed by atoms with Gasteiger partial charge in [0.25, 0.3) is 5.91 Å². The summed E-state index contributed by atoms with van der Waals surface area (Å²) in [6.45, 7) is 4.70. The number of hydrogen-bond donors (Lipinski definition) is 1. The number of carbonyl (C=O) groups excluding carboxylic acids is 3. The molecule has 1 saturated heterocycles. The number of ether oxygens (including phenoxy) is 3. The van der Waals surface area contributed by atoms with Crippen molar-refractivity contribution in [3.8, 4) is 11.5 Å². The van der Waals surface area contributed by atoms with E-state index in [0.717, 1.165) is 19.3 Å². The Morgan fingerprint density at radius 3 is 2.57 bits per heavy atom. The molecular formula is C20H28N2O6. The third-order valence-electron chi connectivity index (χ3n) is 4.18. The van der Waals surface area contributed by atoms with E-state index in [1.165, 1.54) is 4.90 Å². The third kappa shape index (κ3) is 6.75. The molecule has 2 amide bonds. The number of carbonyl (C=O) groups is 3. The fourth-order valence-electron chi connectivity index (χ4n) is 2.88. The Hall–Kier alpha value is -2.77. The van der Waals surface area contributed by atoms with E-state index in [1.54, 1.807) is 18.2 Å². The smallest absolute Gasteiger partial charge is 0.326 e. The van der Waals surface area contributed by atoms with Gasteiger partial charge < -0.3 is 24.4 Å². The van der Waals surface area contributed by atoms with Crippen LogP contribution in [0.3, 0.4) is 0 Å². The van der Waals surface area contributed by atoms with Crippen LogP contribution >= 0.6 is 0 Å². The lowest BCUT2D eigenvalue weighted by Crippen LogP contribution is -2.36. The number of amides is 2. The quantitative estimate of drug-likeness (QED) is 0.649. The van der Waals surface area contributed by atoms with Crippen LogP contribution in [0.5, 0.6) is 11.5 Å². The van der Waals surface area contributed by atoms with Crippen molar-refractivity contribution in [2.24, 2.45) is 0 Å². The Morgan fingerprint density at radius 1 is 1.07 bits per heavy atom. The van der Waals surface area contributed by atoms with Gasteiger partial charge in [-0.2, -0.15) is 0 Å². The maximum absolute atomic E-state index is 12.1. The number of likely N-dealkylation sites (tertiary alicyclic amines) is 1. The molecule has 1 heterocycles. The number of rotatable bonds is 9. The summed E-state index contributed by atoms with van der Waals surface area (Å²) in [5.74, 6) is 0.0145. The molecule has 28 heavy (non-hydrogen) atoms. The predicted octanol–water partition coefficient (Wildman–Crippen LogP) is 2.37. The van der Waals surface area contributed by atoms with Crippen molar-refractivity contribution in [2.45, 2.75) is 39.5 Å². The average Bonchev–Trinajstić information content (AvgIpc) is 2.87. The number of esters is 1. The standard InChI is InChI=1S/C20H28N2O6/c1-3-26-16-10-9-15(12-17(16)27-4-2)21-18(23)14-28-20(25)13-22-11-7-5-6-8-19(22)24/h9-10,12H,3-8,11,13-14H2,1-2H3,(H,21,23). The van der Waals surface area contributed by atoms with E-state index < -0.39 is 18.5 Å². The minimum absolute atomic E-state index is 0.0447. The van der Waals surface area contributed by atoms with E-state index in [9.17, 15) is 14.4 Å². The highest BCUT2D eigenvalue weighted by molar-refractivity contribution is 5.93. The average molecular weight is 392 g/mol. The lowest BCUT2D eigenvalue weighted by molar-refractivity contribution is -0.151. The Morgan fingerprint density at radius 2 is 1.82 bits per heavy atom. The Kier molecular flexibility index (Phi) is 8.58. The van der Waals surface area contributed by atoms with Crippen LogP contribution in [0.15, 0.2) is 18.2 Å². The van der Waals surface area contributed by atoms with Crippen molar-refractivity contribution in [2.75, 3.05) is 38.2 Å². The van der Waals surface area contributed by atoms with Gasteiger partial charge in [-0.15, -0.1) is 0 Å². The van der Waals surface area contributed by atoms with E-state index >= 15 is 0 Å². The third-order valence-corrected chi connectivity index (χ3v) is 4.18. The highest BCUT2D eigenvalue weighted by Gasteiger charge is 2.20. The Balaban J connectivity index is 1.83. The summed E-state index contributed by atoms with van der Waals surface area (Å²) < 4.78 is 16.0. The molecule has 0 spiro atoms. The largest absolute Gasteiger partial charge is 0.490 e. The van der Waals surface area contributed by atoms with Crippen LogP contribution in [0.2, 0.25) is 0 Å². The first-order valence-corrected chi connectivity index (χ1v) is 9.66. The van der Waals surface area contributed by atoms with Crippen molar-refractivity contribution >= 4 is 23.5 Å².